The van der Waals surface area contributed by atoms with Gasteiger partial charge in [0.25, 0.3) is 0 Å². The van der Waals surface area contributed by atoms with Crippen molar-refractivity contribution in [2.75, 3.05) is 19.5 Å². The smallest absolute Gasteiger partial charge is 0.237 e. The Labute approximate surface area is 143 Å². The minimum Gasteiger partial charge on any atom is -0.493 e. The van der Waals surface area contributed by atoms with Gasteiger partial charge in [-0.15, -0.1) is 11.8 Å². The van der Waals surface area contributed by atoms with Gasteiger partial charge < -0.3 is 14.8 Å². The highest BCUT2D eigenvalue weighted by atomic mass is 32.2. The van der Waals surface area contributed by atoms with Crippen LogP contribution in [0.1, 0.15) is 6.92 Å². The summed E-state index contributed by atoms with van der Waals surface area (Å²) in [6, 6.07) is 8.10. The summed E-state index contributed by atoms with van der Waals surface area (Å²) in [7, 11) is 3.01. The Hall–Kier alpha value is -2.28. The molecule has 0 radical (unpaired) electrons. The molecule has 1 atom stereocenters. The second-order valence-electron chi connectivity index (χ2n) is 4.89. The van der Waals surface area contributed by atoms with Crippen LogP contribution in [0.4, 0.5) is 14.5 Å². The maximum Gasteiger partial charge on any atom is 0.237 e. The number of halogens is 2. The van der Waals surface area contributed by atoms with Crippen LogP contribution in [-0.2, 0) is 4.79 Å². The van der Waals surface area contributed by atoms with Crippen LogP contribution in [0.3, 0.4) is 0 Å². The molecular formula is C17H17F2NO3S. The number of amides is 1. The highest BCUT2D eigenvalue weighted by molar-refractivity contribution is 8.00. The molecule has 0 spiro atoms. The number of methoxy groups -OCH3 is 2. The van der Waals surface area contributed by atoms with Crippen LogP contribution in [0.2, 0.25) is 0 Å². The Morgan fingerprint density at radius 3 is 2.46 bits per heavy atom. The molecule has 128 valence electrons. The van der Waals surface area contributed by atoms with Crippen molar-refractivity contribution in [3.05, 3.63) is 48.0 Å². The van der Waals surface area contributed by atoms with E-state index in [1.807, 2.05) is 0 Å². The standard InChI is InChI=1S/C17H17F2NO3S/c1-10(24-16-8-11(18)4-6-13(16)19)17(21)20-12-5-7-14(22-2)15(9-12)23-3/h4-10H,1-3H3,(H,20,21)/t10-/m0/s1. The molecule has 7 heteroatoms. The summed E-state index contributed by atoms with van der Waals surface area (Å²) >= 11 is 0.946. The summed E-state index contributed by atoms with van der Waals surface area (Å²) in [5, 5.41) is 2.09. The molecule has 1 amide bonds. The molecule has 0 unspecified atom stereocenters. The first kappa shape index (κ1) is 18.1. The zero-order valence-electron chi connectivity index (χ0n) is 13.4. The molecular weight excluding hydrogens is 336 g/mol. The molecule has 2 aromatic carbocycles. The average molecular weight is 353 g/mol. The fraction of sp³-hybridized carbons (Fsp3) is 0.235. The highest BCUT2D eigenvalue weighted by Crippen LogP contribution is 2.31. The van der Waals surface area contributed by atoms with Gasteiger partial charge in [-0.1, -0.05) is 0 Å². The van der Waals surface area contributed by atoms with Crippen LogP contribution < -0.4 is 14.8 Å². The largest absolute Gasteiger partial charge is 0.493 e. The Kier molecular flexibility index (Phi) is 6.03. The number of thioether (sulfide) groups is 1. The van der Waals surface area contributed by atoms with Gasteiger partial charge in [0.05, 0.1) is 19.5 Å². The number of hydrogen-bond acceptors (Lipinski definition) is 4. The van der Waals surface area contributed by atoms with E-state index in [2.05, 4.69) is 5.32 Å². The quantitative estimate of drug-likeness (QED) is 0.794. The normalized spacial score (nSPS) is 11.7. The lowest BCUT2D eigenvalue weighted by atomic mass is 10.2. The molecule has 2 rings (SSSR count). The van der Waals surface area contributed by atoms with Crippen LogP contribution in [0, 0.1) is 11.6 Å². The summed E-state index contributed by atoms with van der Waals surface area (Å²) in [6.07, 6.45) is 0. The summed E-state index contributed by atoms with van der Waals surface area (Å²) in [4.78, 5) is 12.3. The second kappa shape index (κ2) is 8.01. The molecule has 0 aliphatic carbocycles. The zero-order valence-corrected chi connectivity index (χ0v) is 14.2. The first-order valence-corrected chi connectivity index (χ1v) is 7.97. The SMILES string of the molecule is COc1ccc(NC(=O)[C@H](C)Sc2cc(F)ccc2F)cc1OC. The zero-order chi connectivity index (χ0) is 17.7. The van der Waals surface area contributed by atoms with Crippen LogP contribution in [-0.4, -0.2) is 25.4 Å². The summed E-state index contributed by atoms with van der Waals surface area (Å²) < 4.78 is 37.1. The van der Waals surface area contributed by atoms with Gasteiger partial charge in [0.2, 0.25) is 5.91 Å². The van der Waals surface area contributed by atoms with Crippen molar-refractivity contribution >= 4 is 23.4 Å². The van der Waals surface area contributed by atoms with E-state index in [9.17, 15) is 13.6 Å². The van der Waals surface area contributed by atoms with Crippen LogP contribution >= 0.6 is 11.8 Å². The van der Waals surface area contributed by atoms with Crippen LogP contribution in [0.5, 0.6) is 11.5 Å². The number of carbonyl (C=O) groups is 1. The van der Waals surface area contributed by atoms with E-state index in [1.165, 1.54) is 14.2 Å². The highest BCUT2D eigenvalue weighted by Gasteiger charge is 2.18. The fourth-order valence-electron chi connectivity index (χ4n) is 1.97. The van der Waals surface area contributed by atoms with E-state index >= 15 is 0 Å². The van der Waals surface area contributed by atoms with Gasteiger partial charge in [-0.05, 0) is 37.3 Å². The van der Waals surface area contributed by atoms with Crippen LogP contribution in [0.25, 0.3) is 0 Å². The van der Waals surface area contributed by atoms with Gasteiger partial charge in [0.15, 0.2) is 11.5 Å². The maximum atomic E-state index is 13.7. The number of nitrogens with one attached hydrogen (secondary N) is 1. The molecule has 0 saturated carbocycles. The van der Waals surface area contributed by atoms with Gasteiger partial charge in [-0.3, -0.25) is 4.79 Å². The second-order valence-corrected chi connectivity index (χ2v) is 6.28. The lowest BCUT2D eigenvalue weighted by Gasteiger charge is -2.14. The minimum atomic E-state index is -0.616. The summed E-state index contributed by atoms with van der Waals surface area (Å²) in [5.41, 5.74) is 0.518. The van der Waals surface area contributed by atoms with Crippen molar-refractivity contribution in [1.82, 2.24) is 0 Å². The number of ether oxygens (including phenoxy) is 2. The molecule has 0 saturated heterocycles. The Balaban J connectivity index is 2.07. The van der Waals surface area contributed by atoms with Crippen molar-refractivity contribution in [3.63, 3.8) is 0 Å². The fourth-order valence-corrected chi connectivity index (χ4v) is 2.88. The Morgan fingerprint density at radius 1 is 1.08 bits per heavy atom. The van der Waals surface area contributed by atoms with Gasteiger partial charge in [0.1, 0.15) is 11.6 Å². The number of hydrogen-bond donors (Lipinski definition) is 1. The Bertz CT molecular complexity index is 740. The van der Waals surface area contributed by atoms with E-state index < -0.39 is 16.9 Å². The van der Waals surface area contributed by atoms with Gasteiger partial charge in [-0.25, -0.2) is 8.78 Å². The molecule has 24 heavy (non-hydrogen) atoms. The van der Waals surface area contributed by atoms with Crippen molar-refractivity contribution < 1.29 is 23.0 Å². The van der Waals surface area contributed by atoms with E-state index in [0.717, 1.165) is 30.0 Å². The van der Waals surface area contributed by atoms with Gasteiger partial charge in [-0.2, -0.15) is 0 Å². The maximum absolute atomic E-state index is 13.7. The van der Waals surface area contributed by atoms with E-state index in [1.54, 1.807) is 25.1 Å². The van der Waals surface area contributed by atoms with Crippen molar-refractivity contribution in [2.24, 2.45) is 0 Å². The number of rotatable bonds is 6. The minimum absolute atomic E-state index is 0.0879. The summed E-state index contributed by atoms with van der Waals surface area (Å²) in [6.45, 7) is 1.62. The lowest BCUT2D eigenvalue weighted by molar-refractivity contribution is -0.115. The molecule has 0 aliphatic heterocycles. The predicted octanol–water partition coefficient (Wildman–Crippen LogP) is 4.10. The predicted molar refractivity (Wildman–Crippen MR) is 89.9 cm³/mol. The molecule has 0 aliphatic rings. The van der Waals surface area contributed by atoms with Crippen molar-refractivity contribution in [2.45, 2.75) is 17.1 Å². The first-order valence-electron chi connectivity index (χ1n) is 7.09. The van der Waals surface area contributed by atoms with Crippen LogP contribution in [0.15, 0.2) is 41.3 Å². The number of anilines is 1. The first-order chi connectivity index (χ1) is 11.4. The third-order valence-electron chi connectivity index (χ3n) is 3.22. The number of benzene rings is 2. The van der Waals surface area contributed by atoms with Gasteiger partial charge >= 0.3 is 0 Å². The third-order valence-corrected chi connectivity index (χ3v) is 4.35. The molecule has 0 aromatic heterocycles. The molecule has 1 N–H and O–H groups in total. The van der Waals surface area contributed by atoms with E-state index in [4.69, 9.17) is 9.47 Å². The Morgan fingerprint density at radius 2 is 1.79 bits per heavy atom. The molecule has 0 bridgehead atoms. The monoisotopic (exact) mass is 353 g/mol. The average Bonchev–Trinajstić information content (AvgIpc) is 2.57. The van der Waals surface area contributed by atoms with Crippen molar-refractivity contribution in [3.8, 4) is 11.5 Å². The van der Waals surface area contributed by atoms with Gasteiger partial charge in [0, 0.05) is 16.6 Å². The summed E-state index contributed by atoms with van der Waals surface area (Å²) in [5.74, 6) is -0.430. The van der Waals surface area contributed by atoms with Crippen molar-refractivity contribution in [1.29, 1.82) is 0 Å². The van der Waals surface area contributed by atoms with E-state index in [-0.39, 0.29) is 10.8 Å². The molecule has 0 fully saturated rings. The van der Waals surface area contributed by atoms with E-state index in [0.29, 0.717) is 17.2 Å². The third kappa shape index (κ3) is 4.38. The molecule has 4 nitrogen and oxygen atoms in total. The number of carbonyl (C=O) groups excluding carboxylic acids is 1. The lowest BCUT2D eigenvalue weighted by Crippen LogP contribution is -2.22. The molecule has 0 heterocycles. The topological polar surface area (TPSA) is 47.6 Å². The molecule has 2 aromatic rings.